The van der Waals surface area contributed by atoms with Crippen LogP contribution >= 0.6 is 22.6 Å². The average molecular weight is 654 g/mol. The van der Waals surface area contributed by atoms with Gasteiger partial charge in [0.25, 0.3) is 0 Å². The Bertz CT molecular complexity index is 1480. The molecule has 12 heteroatoms. The summed E-state index contributed by atoms with van der Waals surface area (Å²) in [5.41, 5.74) is -3.87. The van der Waals surface area contributed by atoms with Crippen LogP contribution in [0.2, 0.25) is 0 Å². The molecule has 39 heavy (non-hydrogen) atoms. The van der Waals surface area contributed by atoms with Crippen molar-refractivity contribution in [2.75, 3.05) is 5.84 Å². The van der Waals surface area contributed by atoms with Gasteiger partial charge in [-0.3, -0.25) is 4.68 Å². The van der Waals surface area contributed by atoms with Crippen molar-refractivity contribution in [1.82, 2.24) is 14.6 Å². The maximum atomic E-state index is 15.3. The van der Waals surface area contributed by atoms with Crippen LogP contribution in [0.5, 0.6) is 0 Å². The lowest BCUT2D eigenvalue weighted by Gasteiger charge is -2.21. The number of benzene rings is 1. The Balaban J connectivity index is 2.51. The van der Waals surface area contributed by atoms with Gasteiger partial charge in [0.2, 0.25) is 5.82 Å². The van der Waals surface area contributed by atoms with E-state index in [4.69, 9.17) is 20.1 Å². The Kier molecular flexibility index (Phi) is 8.03. The molecule has 0 saturated heterocycles. The summed E-state index contributed by atoms with van der Waals surface area (Å²) in [7, 11) is 0. The standard InChI is InChI=1S/C27H32FIN4O6/c1-25(2,3)37-22(34)18-20-17(31-21(32-18)24(36)39-27(7,8)9)16(14-12-13(29)10-11-15(14)28)19(33(20)30)23(35)38-26(4,5)6/h10-12H,30H2,1-9H3. The molecule has 0 amide bonds. The summed E-state index contributed by atoms with van der Waals surface area (Å²) < 4.78 is 33.3. The van der Waals surface area contributed by atoms with Gasteiger partial charge in [0.15, 0.2) is 11.4 Å². The predicted octanol–water partition coefficient (Wildman–Crippen LogP) is 5.42. The van der Waals surface area contributed by atoms with Gasteiger partial charge in [-0.05, 0) is 103 Å². The lowest BCUT2D eigenvalue weighted by Crippen LogP contribution is -2.29. The Morgan fingerprint density at radius 3 is 1.90 bits per heavy atom. The van der Waals surface area contributed by atoms with E-state index in [1.807, 2.05) is 22.6 Å². The highest BCUT2D eigenvalue weighted by atomic mass is 127. The normalized spacial score (nSPS) is 12.4. The van der Waals surface area contributed by atoms with Gasteiger partial charge >= 0.3 is 17.9 Å². The molecule has 0 saturated carbocycles. The van der Waals surface area contributed by atoms with Crippen molar-refractivity contribution < 1.29 is 33.0 Å². The van der Waals surface area contributed by atoms with Gasteiger partial charge in [-0.15, -0.1) is 0 Å². The lowest BCUT2D eigenvalue weighted by atomic mass is 10.0. The topological polar surface area (TPSA) is 136 Å². The highest BCUT2D eigenvalue weighted by Crippen LogP contribution is 2.37. The molecule has 3 aromatic rings. The lowest BCUT2D eigenvalue weighted by molar-refractivity contribution is 0.00377. The molecule has 0 fully saturated rings. The second-order valence-electron chi connectivity index (χ2n) is 11.8. The number of nitrogen functional groups attached to an aromatic ring is 1. The van der Waals surface area contributed by atoms with Crippen LogP contribution in [-0.4, -0.2) is 49.4 Å². The summed E-state index contributed by atoms with van der Waals surface area (Å²) in [6, 6.07) is 4.25. The van der Waals surface area contributed by atoms with E-state index in [1.165, 1.54) is 12.1 Å². The van der Waals surface area contributed by atoms with Gasteiger partial charge in [-0.1, -0.05) is 0 Å². The number of nitrogens with zero attached hydrogens (tertiary/aromatic N) is 3. The zero-order chi connectivity index (χ0) is 29.7. The number of aromatic nitrogens is 3. The minimum atomic E-state index is -0.940. The van der Waals surface area contributed by atoms with Crippen molar-refractivity contribution in [3.8, 4) is 11.1 Å². The van der Waals surface area contributed by atoms with Crippen LogP contribution < -0.4 is 5.84 Å². The van der Waals surface area contributed by atoms with Crippen LogP contribution in [0.25, 0.3) is 22.2 Å². The number of carbonyl (C=O) groups excluding carboxylic acids is 3. The first-order chi connectivity index (χ1) is 17.7. The van der Waals surface area contributed by atoms with Gasteiger partial charge in [0, 0.05) is 14.7 Å². The molecular weight excluding hydrogens is 622 g/mol. The maximum Gasteiger partial charge on any atom is 0.376 e. The van der Waals surface area contributed by atoms with Crippen molar-refractivity contribution in [2.45, 2.75) is 79.1 Å². The van der Waals surface area contributed by atoms with Gasteiger partial charge in [-0.2, -0.15) is 0 Å². The fourth-order valence-corrected chi connectivity index (χ4v) is 4.05. The largest absolute Gasteiger partial charge is 0.455 e. The van der Waals surface area contributed by atoms with Crippen molar-refractivity contribution in [3.05, 3.63) is 44.8 Å². The molecule has 0 aliphatic carbocycles. The van der Waals surface area contributed by atoms with Crippen molar-refractivity contribution in [3.63, 3.8) is 0 Å². The third kappa shape index (κ3) is 7.02. The van der Waals surface area contributed by atoms with E-state index in [9.17, 15) is 14.4 Å². The first-order valence-corrected chi connectivity index (χ1v) is 13.1. The molecule has 3 rings (SSSR count). The van der Waals surface area contributed by atoms with E-state index in [2.05, 4.69) is 9.97 Å². The summed E-state index contributed by atoms with van der Waals surface area (Å²) in [5.74, 6) is 2.45. The number of hydrogen-bond acceptors (Lipinski definition) is 9. The SMILES string of the molecule is CC(C)(C)OC(=O)c1nc(C(=O)OC(C)(C)C)c2c(n1)c(-c1cc(I)ccc1F)c(C(=O)OC(C)(C)C)n2N. The van der Waals surface area contributed by atoms with E-state index in [-0.39, 0.29) is 27.9 Å². The van der Waals surface area contributed by atoms with E-state index in [1.54, 1.807) is 68.4 Å². The molecule has 0 aliphatic rings. The van der Waals surface area contributed by atoms with Gasteiger partial charge in [0.05, 0.1) is 0 Å². The predicted molar refractivity (Wildman–Crippen MR) is 151 cm³/mol. The van der Waals surface area contributed by atoms with Crippen LogP contribution in [0.15, 0.2) is 18.2 Å². The maximum absolute atomic E-state index is 15.3. The zero-order valence-electron chi connectivity index (χ0n) is 23.4. The van der Waals surface area contributed by atoms with Crippen LogP contribution in [0.4, 0.5) is 4.39 Å². The quantitative estimate of drug-likeness (QED) is 0.169. The molecule has 0 bridgehead atoms. The molecular formula is C27H32FIN4O6. The number of carbonyl (C=O) groups is 3. The second-order valence-corrected chi connectivity index (χ2v) is 13.1. The number of hydrogen-bond donors (Lipinski definition) is 1. The monoisotopic (exact) mass is 654 g/mol. The van der Waals surface area contributed by atoms with Crippen LogP contribution in [0, 0.1) is 9.39 Å². The average Bonchev–Trinajstić information content (AvgIpc) is 3.03. The molecule has 0 atom stereocenters. The Morgan fingerprint density at radius 1 is 0.846 bits per heavy atom. The summed E-state index contributed by atoms with van der Waals surface area (Å²) in [4.78, 5) is 48.3. The summed E-state index contributed by atoms with van der Waals surface area (Å²) in [6.07, 6.45) is 0. The van der Waals surface area contributed by atoms with Gasteiger partial charge in [-0.25, -0.2) is 28.7 Å². The van der Waals surface area contributed by atoms with E-state index in [0.717, 1.165) is 4.68 Å². The van der Waals surface area contributed by atoms with Crippen LogP contribution in [0.1, 0.15) is 93.9 Å². The number of rotatable bonds is 4. The van der Waals surface area contributed by atoms with E-state index < -0.39 is 52.0 Å². The minimum Gasteiger partial charge on any atom is -0.455 e. The highest BCUT2D eigenvalue weighted by molar-refractivity contribution is 14.1. The highest BCUT2D eigenvalue weighted by Gasteiger charge is 2.35. The first kappa shape index (κ1) is 30.3. The number of esters is 3. The summed E-state index contributed by atoms with van der Waals surface area (Å²) in [6.45, 7) is 14.9. The van der Waals surface area contributed by atoms with E-state index >= 15 is 4.39 Å². The first-order valence-electron chi connectivity index (χ1n) is 12.1. The molecule has 0 aliphatic heterocycles. The van der Waals surface area contributed by atoms with Crippen molar-refractivity contribution in [1.29, 1.82) is 0 Å². The van der Waals surface area contributed by atoms with Gasteiger partial charge in [0.1, 0.15) is 33.7 Å². The van der Waals surface area contributed by atoms with Crippen molar-refractivity contribution >= 4 is 51.5 Å². The fraction of sp³-hybridized carbons (Fsp3) is 0.444. The molecule has 2 N–H and O–H groups in total. The fourth-order valence-electron chi connectivity index (χ4n) is 3.56. The third-order valence-electron chi connectivity index (χ3n) is 4.80. The molecule has 1 aromatic carbocycles. The number of ether oxygens (including phenoxy) is 3. The smallest absolute Gasteiger partial charge is 0.376 e. The number of fused-ring (bicyclic) bond motifs is 1. The Hall–Kier alpha value is -3.29. The molecule has 0 spiro atoms. The molecule has 2 heterocycles. The van der Waals surface area contributed by atoms with Gasteiger partial charge < -0.3 is 20.1 Å². The molecule has 210 valence electrons. The minimum absolute atomic E-state index is 0.0408. The zero-order valence-corrected chi connectivity index (χ0v) is 25.5. The molecule has 2 aromatic heterocycles. The summed E-state index contributed by atoms with van der Waals surface area (Å²) >= 11 is 1.99. The summed E-state index contributed by atoms with van der Waals surface area (Å²) in [5, 5.41) is 0. The molecule has 0 unspecified atom stereocenters. The number of halogens is 2. The molecule has 0 radical (unpaired) electrons. The Morgan fingerprint density at radius 2 is 1.36 bits per heavy atom. The van der Waals surface area contributed by atoms with E-state index in [0.29, 0.717) is 3.57 Å². The number of nitrogens with two attached hydrogens (primary N) is 1. The third-order valence-corrected chi connectivity index (χ3v) is 5.47. The van der Waals surface area contributed by atoms with Crippen LogP contribution in [-0.2, 0) is 14.2 Å². The molecule has 10 nitrogen and oxygen atoms in total. The van der Waals surface area contributed by atoms with Crippen molar-refractivity contribution in [2.24, 2.45) is 0 Å². The second kappa shape index (κ2) is 10.4. The Labute approximate surface area is 239 Å². The van der Waals surface area contributed by atoms with Crippen LogP contribution in [0.3, 0.4) is 0 Å².